The van der Waals surface area contributed by atoms with Crippen molar-refractivity contribution in [2.45, 2.75) is 72.3 Å². The number of carbonyl (C=O) groups is 7. The van der Waals surface area contributed by atoms with Crippen LogP contribution < -0.4 is 20.1 Å². The molecule has 382 valence electrons. The number of hydrogen-bond donors (Lipinski definition) is 4. The van der Waals surface area contributed by atoms with E-state index in [2.05, 4.69) is 15.6 Å². The number of carbonyl (C=O) groups excluding carboxylic acids is 7. The van der Waals surface area contributed by atoms with Crippen LogP contribution in [-0.2, 0) is 29.5 Å². The maximum Gasteiger partial charge on any atom is 0.415 e. The summed E-state index contributed by atoms with van der Waals surface area (Å²) >= 11 is 1.17. The van der Waals surface area contributed by atoms with Gasteiger partial charge in [-0.15, -0.1) is 11.3 Å². The zero-order valence-corrected chi connectivity index (χ0v) is 42.5. The van der Waals surface area contributed by atoms with Crippen LogP contribution in [0, 0.1) is 16.7 Å². The van der Waals surface area contributed by atoms with Crippen molar-refractivity contribution in [1.29, 1.82) is 5.26 Å². The molecule has 0 unspecified atom stereocenters. The number of phenols is 2. The van der Waals surface area contributed by atoms with Crippen LogP contribution in [0.5, 0.6) is 28.7 Å². The number of nitriles is 1. The highest BCUT2D eigenvalue weighted by Crippen LogP contribution is 2.57. The number of likely N-dealkylation sites (N-methyl/N-ethyl adjacent to an activating group) is 1. The Morgan fingerprint density at radius 3 is 2.15 bits per heavy atom. The van der Waals surface area contributed by atoms with Crippen LogP contribution in [0.1, 0.15) is 109 Å². The fourth-order valence-electron chi connectivity index (χ4n) is 9.56. The molecule has 0 saturated heterocycles. The molecule has 3 heterocycles. The number of ether oxygens (including phenoxy) is 3. The number of aromatic nitrogens is 1. The molecule has 4 aromatic carbocycles. The second-order valence-electron chi connectivity index (χ2n) is 19.1. The molecule has 0 fully saturated rings. The number of benzene rings is 4. The van der Waals surface area contributed by atoms with E-state index in [9.17, 15) is 49.0 Å². The Morgan fingerprint density at radius 2 is 1.46 bits per heavy atom. The van der Waals surface area contributed by atoms with Crippen LogP contribution in [0.15, 0.2) is 95.1 Å². The van der Waals surface area contributed by atoms with Gasteiger partial charge in [-0.1, -0.05) is 26.3 Å². The van der Waals surface area contributed by atoms with Gasteiger partial charge in [-0.05, 0) is 82.1 Å². The highest BCUT2D eigenvalue weighted by atomic mass is 32.1. The summed E-state index contributed by atoms with van der Waals surface area (Å²) in [5.41, 5.74) is 1.27. The maximum atomic E-state index is 13.7. The third-order valence-electron chi connectivity index (χ3n) is 13.6. The first kappa shape index (κ1) is 52.0. The Labute approximate surface area is 430 Å². The minimum absolute atomic E-state index is 0.0568. The Hall–Kier alpha value is -8.37. The van der Waals surface area contributed by atoms with Gasteiger partial charge >= 0.3 is 12.1 Å². The lowest BCUT2D eigenvalue weighted by molar-refractivity contribution is -0.132. The number of hydrogen-bond acceptors (Lipinski definition) is 15. The number of Topliss-reactive ketones (excluding diaryl/α,β-unsaturated/α-hetero) is 2. The largest absolute Gasteiger partial charge is 0.508 e. The first-order valence-corrected chi connectivity index (χ1v) is 24.8. The lowest BCUT2D eigenvalue weighted by Gasteiger charge is -2.36. The lowest BCUT2D eigenvalue weighted by atomic mass is 9.71. The predicted octanol–water partition coefficient (Wildman–Crippen LogP) is 7.73. The van der Waals surface area contributed by atoms with Crippen molar-refractivity contribution in [3.05, 3.63) is 128 Å². The van der Waals surface area contributed by atoms with Crippen LogP contribution in [0.3, 0.4) is 0 Å². The number of allylic oxidation sites excluding steroid dienone is 4. The number of rotatable bonds is 17. The van der Waals surface area contributed by atoms with E-state index in [0.29, 0.717) is 68.5 Å². The van der Waals surface area contributed by atoms with Crippen LogP contribution in [0.25, 0.3) is 10.2 Å². The number of nitrogens with zero attached hydrogens (tertiary/aromatic N) is 4. The summed E-state index contributed by atoms with van der Waals surface area (Å²) < 4.78 is 18.5. The summed E-state index contributed by atoms with van der Waals surface area (Å²) in [5.74, 6) is -1.60. The Morgan fingerprint density at radius 1 is 0.797 bits per heavy atom. The Balaban J connectivity index is 0.826. The van der Waals surface area contributed by atoms with E-state index in [-0.39, 0.29) is 114 Å². The third-order valence-corrected chi connectivity index (χ3v) is 14.5. The molecule has 2 aliphatic heterocycles. The summed E-state index contributed by atoms with van der Waals surface area (Å²) in [5, 5.41) is 35.5. The van der Waals surface area contributed by atoms with Crippen LogP contribution >= 0.6 is 11.3 Å². The van der Waals surface area contributed by atoms with E-state index >= 15 is 0 Å². The fraction of sp³-hybridized carbons (Fsp3) is 0.327. The van der Waals surface area contributed by atoms with E-state index in [1.54, 1.807) is 84.1 Å². The quantitative estimate of drug-likeness (QED) is 0.0395. The molecular formula is C55H54N6O12S. The van der Waals surface area contributed by atoms with Crippen molar-refractivity contribution in [2.75, 3.05) is 39.8 Å². The van der Waals surface area contributed by atoms with E-state index in [1.165, 1.54) is 51.5 Å². The number of phenolic OH excluding ortho intramolecular Hbond substituents is 2. The van der Waals surface area contributed by atoms with Crippen molar-refractivity contribution in [2.24, 2.45) is 5.41 Å². The lowest BCUT2D eigenvalue weighted by Crippen LogP contribution is -2.42. The summed E-state index contributed by atoms with van der Waals surface area (Å²) in [6, 6.07) is 20.4. The standard InChI is InChI=1S/C55H54N6O12S/c1-30-31(2)50(67)48(32(3)49(30)66)54(4,5)28-47(65)60(6)22-23-61(53(70)71-36-14-18-41-44(27-36)74-46(29-56)59-41)21-9-7-8-10-45(64)57-19-20-58-51(68)33-11-15-38-37(24-33)52(69)73-55(38)39-16-12-34(62)25-42(39)72-43-26-35(63)13-17-40(43)55/h11-18,24-27,62-63H,7-10,19-23,28H2,1-6H3,(H,57,64)(H,58,68). The molecule has 8 rings (SSSR count). The number of unbranched alkanes of at least 4 members (excludes halogenated alkanes) is 2. The molecule has 0 saturated carbocycles. The zero-order valence-electron chi connectivity index (χ0n) is 41.7. The molecule has 4 amide bonds. The minimum Gasteiger partial charge on any atom is -0.508 e. The molecule has 19 heteroatoms. The molecule has 5 aromatic rings. The molecule has 0 bridgehead atoms. The monoisotopic (exact) mass is 1020 g/mol. The smallest absolute Gasteiger partial charge is 0.415 e. The summed E-state index contributed by atoms with van der Waals surface area (Å²) in [4.78, 5) is 100. The van der Waals surface area contributed by atoms with E-state index in [0.717, 1.165) is 0 Å². The average molecular weight is 1020 g/mol. The molecule has 0 atom stereocenters. The fourth-order valence-corrected chi connectivity index (χ4v) is 10.4. The van der Waals surface area contributed by atoms with E-state index < -0.39 is 29.0 Å². The number of nitrogens with one attached hydrogen (secondary N) is 2. The van der Waals surface area contributed by atoms with Gasteiger partial charge in [0.2, 0.25) is 11.8 Å². The number of amides is 4. The van der Waals surface area contributed by atoms with Crippen LogP contribution in [-0.4, -0.2) is 106 Å². The average Bonchev–Trinajstić information content (AvgIpc) is 3.91. The minimum atomic E-state index is -1.47. The molecule has 1 aromatic heterocycles. The van der Waals surface area contributed by atoms with Gasteiger partial charge in [-0.25, -0.2) is 14.6 Å². The summed E-state index contributed by atoms with van der Waals surface area (Å²) in [6.45, 7) is 9.07. The van der Waals surface area contributed by atoms with E-state index in [4.69, 9.17) is 14.2 Å². The highest BCUT2D eigenvalue weighted by Gasteiger charge is 2.54. The molecule has 0 radical (unpaired) electrons. The summed E-state index contributed by atoms with van der Waals surface area (Å²) in [6.07, 6.45) is 0.996. The zero-order chi connectivity index (χ0) is 53.2. The van der Waals surface area contributed by atoms with Crippen LogP contribution in [0.4, 0.5) is 4.79 Å². The second-order valence-corrected chi connectivity index (χ2v) is 20.1. The van der Waals surface area contributed by atoms with Gasteiger partial charge in [0.15, 0.2) is 22.2 Å². The van der Waals surface area contributed by atoms with Gasteiger partial charge in [-0.3, -0.25) is 24.0 Å². The molecule has 3 aliphatic rings. The Kier molecular flexibility index (Phi) is 14.7. The number of thiazole rings is 1. The molecule has 74 heavy (non-hydrogen) atoms. The van der Waals surface area contributed by atoms with Gasteiger partial charge in [-0.2, -0.15) is 5.26 Å². The van der Waals surface area contributed by atoms with Crippen LogP contribution in [0.2, 0.25) is 0 Å². The van der Waals surface area contributed by atoms with Crippen molar-refractivity contribution >= 4 is 62.9 Å². The maximum absolute atomic E-state index is 13.7. The number of ketones is 2. The number of fused-ring (bicyclic) bond motifs is 7. The first-order chi connectivity index (χ1) is 35.2. The van der Waals surface area contributed by atoms with Crippen molar-refractivity contribution < 1.29 is 58.0 Å². The van der Waals surface area contributed by atoms with Gasteiger partial charge in [0.05, 0.1) is 15.8 Å². The van der Waals surface area contributed by atoms with Gasteiger partial charge in [0.1, 0.15) is 34.8 Å². The molecule has 18 nitrogen and oxygen atoms in total. The summed E-state index contributed by atoms with van der Waals surface area (Å²) in [7, 11) is 1.61. The molecule has 1 aliphatic carbocycles. The third kappa shape index (κ3) is 10.3. The SMILES string of the molecule is CC1=C(C)C(=O)C(C(C)(C)CC(=O)N(C)CCN(CCCCCC(=O)NCCNC(=O)c2ccc3c(c2)C(=O)OC32c3ccc(O)cc3Oc3cc(O)ccc32)C(=O)Oc2ccc3nc(C#N)sc3c2)=C(C)C1=O. The predicted molar refractivity (Wildman–Crippen MR) is 271 cm³/mol. The van der Waals surface area contributed by atoms with Crippen molar-refractivity contribution in [1.82, 2.24) is 25.4 Å². The highest BCUT2D eigenvalue weighted by molar-refractivity contribution is 7.19. The first-order valence-electron chi connectivity index (χ1n) is 24.0. The molecule has 4 N–H and O–H groups in total. The normalized spacial score (nSPS) is 14.4. The van der Waals surface area contributed by atoms with Gasteiger partial charge in [0, 0.05) is 121 Å². The topological polar surface area (TPSA) is 255 Å². The second kappa shape index (κ2) is 21.0. The van der Waals surface area contributed by atoms with E-state index in [1.807, 2.05) is 6.07 Å². The molecule has 1 spiro atoms. The van der Waals surface area contributed by atoms with Gasteiger partial charge < -0.3 is 44.9 Å². The van der Waals surface area contributed by atoms with Crippen molar-refractivity contribution in [3.63, 3.8) is 0 Å². The number of esters is 1. The van der Waals surface area contributed by atoms with Crippen molar-refractivity contribution in [3.8, 4) is 34.8 Å². The Bertz CT molecular complexity index is 3240. The van der Waals surface area contributed by atoms with Gasteiger partial charge in [0.25, 0.3) is 5.91 Å². The molecular weight excluding hydrogens is 969 g/mol. The number of aromatic hydroxyl groups is 2.